The van der Waals surface area contributed by atoms with E-state index >= 15 is 0 Å². The molecule has 0 atom stereocenters. The Kier molecular flexibility index (Phi) is 6.60. The molecule has 1 amide bonds. The number of aryl methyl sites for hydroxylation is 2. The Morgan fingerprint density at radius 2 is 1.74 bits per heavy atom. The van der Waals surface area contributed by atoms with Gasteiger partial charge in [-0.3, -0.25) is 15.1 Å². The van der Waals surface area contributed by atoms with Gasteiger partial charge in [-0.15, -0.1) is 0 Å². The number of rotatable bonds is 7. The van der Waals surface area contributed by atoms with Gasteiger partial charge in [-0.25, -0.2) is 9.97 Å². The quantitative estimate of drug-likeness (QED) is 0.324. The number of aromatic nitrogens is 5. The molecule has 174 valence electrons. The molecule has 0 spiro atoms. The molecule has 0 fully saturated rings. The first-order valence-corrected chi connectivity index (χ1v) is 11.9. The van der Waals surface area contributed by atoms with Gasteiger partial charge in [0.2, 0.25) is 0 Å². The lowest BCUT2D eigenvalue weighted by Crippen LogP contribution is -2.14. The van der Waals surface area contributed by atoms with Crippen molar-refractivity contribution in [1.29, 1.82) is 0 Å². The van der Waals surface area contributed by atoms with Crippen LogP contribution in [0.2, 0.25) is 5.02 Å². The van der Waals surface area contributed by atoms with Crippen molar-refractivity contribution in [3.05, 3.63) is 89.1 Å². The number of halogens is 1. The Hall–Kier alpha value is -3.95. The van der Waals surface area contributed by atoms with Crippen LogP contribution in [-0.4, -0.2) is 38.2 Å². The van der Waals surface area contributed by atoms with Crippen LogP contribution in [-0.2, 0) is 12.8 Å². The van der Waals surface area contributed by atoms with Gasteiger partial charge in [0.1, 0.15) is 16.1 Å². The molecule has 8 nitrogen and oxygen atoms in total. The van der Waals surface area contributed by atoms with E-state index in [1.807, 2.05) is 48.5 Å². The van der Waals surface area contributed by atoms with E-state index in [4.69, 9.17) is 21.3 Å². The maximum atomic E-state index is 13.1. The molecule has 1 aromatic carbocycles. The molecular formula is C25H19ClN6O2S. The number of amides is 1. The Bertz CT molecular complexity index is 1510. The number of nitrogens with zero attached hydrogens (tertiary/aromatic N) is 5. The van der Waals surface area contributed by atoms with Gasteiger partial charge in [0.05, 0.1) is 30.1 Å². The largest absolute Gasteiger partial charge is 0.496 e. The van der Waals surface area contributed by atoms with Crippen LogP contribution in [0, 0.1) is 0 Å². The fraction of sp³-hybridized carbons (Fsp3) is 0.120. The van der Waals surface area contributed by atoms with Gasteiger partial charge in [0, 0.05) is 28.7 Å². The molecule has 5 rings (SSSR count). The molecule has 4 aromatic heterocycles. The summed E-state index contributed by atoms with van der Waals surface area (Å²) in [5.41, 5.74) is 4.33. The zero-order valence-electron chi connectivity index (χ0n) is 18.6. The van der Waals surface area contributed by atoms with E-state index in [0.29, 0.717) is 27.0 Å². The van der Waals surface area contributed by atoms with E-state index in [1.165, 1.54) is 17.5 Å². The predicted octanol–water partition coefficient (Wildman–Crippen LogP) is 5.24. The lowest BCUT2D eigenvalue weighted by Gasteiger charge is -2.11. The number of methoxy groups -OCH3 is 1. The van der Waals surface area contributed by atoms with Crippen LogP contribution in [0.25, 0.3) is 21.5 Å². The summed E-state index contributed by atoms with van der Waals surface area (Å²) in [6, 6.07) is 15.0. The summed E-state index contributed by atoms with van der Waals surface area (Å²) < 4.78 is 5.45. The number of pyridine rings is 2. The molecule has 5 aromatic rings. The predicted molar refractivity (Wildman–Crippen MR) is 136 cm³/mol. The summed E-state index contributed by atoms with van der Waals surface area (Å²) in [5, 5.41) is 11.8. The van der Waals surface area contributed by atoms with Crippen molar-refractivity contribution in [2.45, 2.75) is 12.8 Å². The first-order chi connectivity index (χ1) is 17.1. The average Bonchev–Trinajstić information content (AvgIpc) is 3.29. The van der Waals surface area contributed by atoms with Crippen molar-refractivity contribution in [2.75, 3.05) is 12.4 Å². The topological polar surface area (TPSA) is 103 Å². The molecule has 0 saturated carbocycles. The first kappa shape index (κ1) is 22.8. The van der Waals surface area contributed by atoms with Gasteiger partial charge in [-0.2, -0.15) is 10.2 Å². The fourth-order valence-corrected chi connectivity index (χ4v) is 4.57. The number of fused-ring (bicyclic) bond motifs is 1. The second-order valence-electron chi connectivity index (χ2n) is 7.58. The molecule has 0 saturated heterocycles. The third-order valence-electron chi connectivity index (χ3n) is 5.33. The highest BCUT2D eigenvalue weighted by Crippen LogP contribution is 2.32. The fourth-order valence-electron chi connectivity index (χ4n) is 3.61. The Balaban J connectivity index is 1.35. The van der Waals surface area contributed by atoms with Gasteiger partial charge >= 0.3 is 0 Å². The van der Waals surface area contributed by atoms with E-state index in [2.05, 4.69) is 25.5 Å². The number of nitrogens with one attached hydrogen (secondary N) is 1. The second kappa shape index (κ2) is 10.1. The van der Waals surface area contributed by atoms with Crippen LogP contribution in [0.3, 0.4) is 0 Å². The second-order valence-corrected chi connectivity index (χ2v) is 9.00. The van der Waals surface area contributed by atoms with Gasteiger partial charge < -0.3 is 4.74 Å². The number of hydrogen-bond acceptors (Lipinski definition) is 8. The van der Waals surface area contributed by atoms with Crippen LogP contribution in [0.4, 0.5) is 5.13 Å². The Labute approximate surface area is 210 Å². The zero-order chi connectivity index (χ0) is 24.2. The number of benzene rings is 1. The molecule has 10 heteroatoms. The average molecular weight is 503 g/mol. The summed E-state index contributed by atoms with van der Waals surface area (Å²) in [7, 11) is 1.58. The van der Waals surface area contributed by atoms with E-state index in [0.717, 1.165) is 40.1 Å². The third-order valence-corrected chi connectivity index (χ3v) is 6.44. The van der Waals surface area contributed by atoms with Crippen molar-refractivity contribution in [3.63, 3.8) is 0 Å². The number of hydrogen-bond donors (Lipinski definition) is 1. The molecule has 35 heavy (non-hydrogen) atoms. The number of ether oxygens (including phenoxy) is 1. The van der Waals surface area contributed by atoms with Crippen molar-refractivity contribution < 1.29 is 9.53 Å². The molecular weight excluding hydrogens is 484 g/mol. The van der Waals surface area contributed by atoms with Crippen LogP contribution in [0.15, 0.2) is 67.1 Å². The van der Waals surface area contributed by atoms with Gasteiger partial charge in [-0.05, 0) is 43.2 Å². The van der Waals surface area contributed by atoms with E-state index in [9.17, 15) is 4.79 Å². The first-order valence-electron chi connectivity index (χ1n) is 10.7. The maximum Gasteiger partial charge on any atom is 0.259 e. The maximum absolute atomic E-state index is 13.1. The third kappa shape index (κ3) is 5.11. The zero-order valence-corrected chi connectivity index (χ0v) is 20.2. The van der Waals surface area contributed by atoms with Crippen LogP contribution in [0.5, 0.6) is 5.75 Å². The van der Waals surface area contributed by atoms with Crippen LogP contribution < -0.4 is 10.1 Å². The summed E-state index contributed by atoms with van der Waals surface area (Å²) >= 11 is 7.22. The standard InChI is InChI=1S/C25H19ClN6O2S/c1-34-22-5-3-2-4-18(22)19-13-28-29-14-20(19)23(33)32-25-31-21-11-10-17(30-24(21)35-25)9-8-16-7-6-15(26)12-27-16/h2-7,10-14H,8-9H2,1H3,(H,31,32,33). The molecule has 0 aliphatic rings. The highest BCUT2D eigenvalue weighted by molar-refractivity contribution is 7.22. The number of carbonyl (C=O) groups is 1. The summed E-state index contributed by atoms with van der Waals surface area (Å²) in [4.78, 5) is 27.4. The molecule has 0 aliphatic heterocycles. The molecule has 0 unspecified atom stereocenters. The summed E-state index contributed by atoms with van der Waals surface area (Å²) in [6.45, 7) is 0. The lowest BCUT2D eigenvalue weighted by atomic mass is 10.0. The normalized spacial score (nSPS) is 10.9. The van der Waals surface area contributed by atoms with Gasteiger partial charge in [0.15, 0.2) is 5.13 Å². The number of thiazole rings is 1. The smallest absolute Gasteiger partial charge is 0.259 e. The monoisotopic (exact) mass is 502 g/mol. The minimum atomic E-state index is -0.339. The molecule has 0 radical (unpaired) electrons. The highest BCUT2D eigenvalue weighted by atomic mass is 35.5. The number of carbonyl (C=O) groups excluding carboxylic acids is 1. The molecule has 1 N–H and O–H groups in total. The van der Waals surface area contributed by atoms with Crippen molar-refractivity contribution in [2.24, 2.45) is 0 Å². The Morgan fingerprint density at radius 1 is 0.943 bits per heavy atom. The molecule has 4 heterocycles. The SMILES string of the molecule is COc1ccccc1-c1cnncc1C(=O)Nc1nc2ccc(CCc3ccc(Cl)cn3)nc2s1. The minimum Gasteiger partial charge on any atom is -0.496 e. The van der Waals surface area contributed by atoms with Crippen molar-refractivity contribution in [1.82, 2.24) is 25.1 Å². The highest BCUT2D eigenvalue weighted by Gasteiger charge is 2.18. The van der Waals surface area contributed by atoms with Crippen LogP contribution in [0.1, 0.15) is 21.7 Å². The van der Waals surface area contributed by atoms with E-state index in [-0.39, 0.29) is 5.91 Å². The summed E-state index contributed by atoms with van der Waals surface area (Å²) in [6.07, 6.45) is 6.11. The van der Waals surface area contributed by atoms with Crippen molar-refractivity contribution in [3.8, 4) is 16.9 Å². The lowest BCUT2D eigenvalue weighted by molar-refractivity contribution is 0.102. The van der Waals surface area contributed by atoms with E-state index < -0.39 is 0 Å². The molecule has 0 aliphatic carbocycles. The minimum absolute atomic E-state index is 0.339. The van der Waals surface area contributed by atoms with Crippen LogP contribution >= 0.6 is 22.9 Å². The van der Waals surface area contributed by atoms with Gasteiger partial charge in [0.25, 0.3) is 5.91 Å². The van der Waals surface area contributed by atoms with E-state index in [1.54, 1.807) is 19.5 Å². The molecule has 0 bridgehead atoms. The number of para-hydroxylation sites is 1. The van der Waals surface area contributed by atoms with Crippen molar-refractivity contribution >= 4 is 44.3 Å². The van der Waals surface area contributed by atoms with Gasteiger partial charge in [-0.1, -0.05) is 41.1 Å². The Morgan fingerprint density at radius 3 is 2.57 bits per heavy atom. The summed E-state index contributed by atoms with van der Waals surface area (Å²) in [5.74, 6) is 0.300. The number of anilines is 1.